The lowest BCUT2D eigenvalue weighted by Crippen LogP contribution is -2.47. The smallest absolute Gasteiger partial charge is 0.300 e. The molecular weight excluding hydrogens is 328 g/mol. The van der Waals surface area contributed by atoms with Gasteiger partial charge in [0, 0.05) is 12.6 Å². The molecular formula is C12H14N4O8. The van der Waals surface area contributed by atoms with Crippen LogP contribution in [0.4, 0.5) is 11.4 Å². The van der Waals surface area contributed by atoms with Crippen LogP contribution in [0.2, 0.25) is 0 Å². The van der Waals surface area contributed by atoms with Gasteiger partial charge in [0.05, 0.1) is 16.7 Å². The summed E-state index contributed by atoms with van der Waals surface area (Å²) in [6.45, 7) is -0.316. The van der Waals surface area contributed by atoms with E-state index in [0.29, 0.717) is 0 Å². The van der Waals surface area contributed by atoms with Gasteiger partial charge in [0.15, 0.2) is 11.8 Å². The third-order valence-electron chi connectivity index (χ3n) is 3.33. The van der Waals surface area contributed by atoms with E-state index in [1.54, 1.807) is 0 Å². The van der Waals surface area contributed by atoms with Crippen molar-refractivity contribution in [2.45, 2.75) is 24.4 Å². The summed E-state index contributed by atoms with van der Waals surface area (Å²) in [7, 11) is 0. The number of aliphatic hydroxyl groups excluding tert-OH is 4. The molecule has 0 aliphatic rings. The van der Waals surface area contributed by atoms with Gasteiger partial charge in [0.1, 0.15) is 18.3 Å². The lowest BCUT2D eigenvalue weighted by Gasteiger charge is -2.24. The van der Waals surface area contributed by atoms with Crippen LogP contribution in [-0.2, 0) is 4.79 Å². The van der Waals surface area contributed by atoms with Crippen LogP contribution < -0.4 is 5.32 Å². The summed E-state index contributed by atoms with van der Waals surface area (Å²) < 4.78 is 4.47. The number of hydrogen-bond acceptors (Lipinski definition) is 11. The number of nitrogens with zero attached hydrogens (tertiary/aromatic N) is 3. The standard InChI is InChI=1S/C12H14N4O8/c17-4-8(19)12(21)11(20)7(18)3-13-5-1-2-6(16(22)23)10-9(5)14-24-15-10/h1-2,4,7-8,11-13,18-21H,3H2. The summed E-state index contributed by atoms with van der Waals surface area (Å²) in [5, 5.41) is 58.5. The quantitative estimate of drug-likeness (QED) is 0.206. The molecule has 0 aliphatic heterocycles. The largest absolute Gasteiger partial charge is 0.388 e. The van der Waals surface area contributed by atoms with Crippen molar-refractivity contribution < 1.29 is 34.8 Å². The summed E-state index contributed by atoms with van der Waals surface area (Å²) in [6.07, 6.45) is -7.05. The van der Waals surface area contributed by atoms with Crippen molar-refractivity contribution in [3.05, 3.63) is 22.2 Å². The van der Waals surface area contributed by atoms with Crippen LogP contribution in [-0.4, -0.2) is 72.9 Å². The first kappa shape index (κ1) is 17.7. The van der Waals surface area contributed by atoms with Gasteiger partial charge in [0.25, 0.3) is 0 Å². The molecule has 4 unspecified atom stereocenters. The second kappa shape index (κ2) is 7.27. The minimum absolute atomic E-state index is 0.0228. The molecule has 0 saturated carbocycles. The molecule has 1 aromatic carbocycles. The molecule has 0 spiro atoms. The number of nitro groups is 1. The predicted octanol–water partition coefficient (Wildman–Crippen LogP) is -1.81. The normalized spacial score (nSPS) is 16.3. The van der Waals surface area contributed by atoms with Crippen LogP contribution in [0.25, 0.3) is 11.0 Å². The Kier molecular flexibility index (Phi) is 5.35. The van der Waals surface area contributed by atoms with Gasteiger partial charge in [-0.3, -0.25) is 10.1 Å². The summed E-state index contributed by atoms with van der Waals surface area (Å²) in [5.74, 6) is 0. The number of non-ortho nitro benzene ring substituents is 1. The maximum Gasteiger partial charge on any atom is 0.300 e. The number of anilines is 1. The number of aliphatic hydroxyl groups is 4. The minimum atomic E-state index is -1.87. The Morgan fingerprint density at radius 1 is 1.21 bits per heavy atom. The summed E-state index contributed by atoms with van der Waals surface area (Å²) in [5.41, 5.74) is -0.147. The number of benzene rings is 1. The Hall–Kier alpha value is -2.67. The number of fused-ring (bicyclic) bond motifs is 1. The number of aldehydes is 1. The Balaban J connectivity index is 2.11. The van der Waals surface area contributed by atoms with Gasteiger partial charge >= 0.3 is 5.69 Å². The van der Waals surface area contributed by atoms with Crippen molar-refractivity contribution in [2.75, 3.05) is 11.9 Å². The van der Waals surface area contributed by atoms with E-state index >= 15 is 0 Å². The number of aromatic nitrogens is 2. The van der Waals surface area contributed by atoms with Crippen LogP contribution >= 0.6 is 0 Å². The lowest BCUT2D eigenvalue weighted by molar-refractivity contribution is -0.383. The predicted molar refractivity (Wildman–Crippen MR) is 77.0 cm³/mol. The van der Waals surface area contributed by atoms with Crippen molar-refractivity contribution >= 4 is 28.7 Å². The minimum Gasteiger partial charge on any atom is -0.388 e. The van der Waals surface area contributed by atoms with Gasteiger partial charge in [0.2, 0.25) is 5.52 Å². The molecule has 2 rings (SSSR count). The number of nitrogens with one attached hydrogen (secondary N) is 1. The Bertz CT molecular complexity index is 735. The fraction of sp³-hybridized carbons (Fsp3) is 0.417. The first-order valence-electron chi connectivity index (χ1n) is 6.68. The molecule has 0 radical (unpaired) electrons. The first-order chi connectivity index (χ1) is 11.4. The van der Waals surface area contributed by atoms with Crippen molar-refractivity contribution in [2.24, 2.45) is 0 Å². The second-order valence-corrected chi connectivity index (χ2v) is 4.91. The molecule has 0 amide bonds. The zero-order valence-electron chi connectivity index (χ0n) is 12.0. The van der Waals surface area contributed by atoms with Crippen molar-refractivity contribution in [1.82, 2.24) is 10.3 Å². The molecule has 0 bridgehead atoms. The van der Waals surface area contributed by atoms with Crippen LogP contribution in [0, 0.1) is 10.1 Å². The third-order valence-corrected chi connectivity index (χ3v) is 3.33. The van der Waals surface area contributed by atoms with E-state index in [-0.39, 0.29) is 35.2 Å². The number of carbonyl (C=O) groups excluding carboxylic acids is 1. The van der Waals surface area contributed by atoms with E-state index in [1.807, 2.05) is 0 Å². The molecule has 0 aliphatic carbocycles. The molecule has 4 atom stereocenters. The van der Waals surface area contributed by atoms with Crippen LogP contribution in [0.15, 0.2) is 16.8 Å². The molecule has 0 saturated heterocycles. The zero-order chi connectivity index (χ0) is 17.9. The maximum atomic E-state index is 10.9. The van der Waals surface area contributed by atoms with Crippen molar-refractivity contribution in [3.63, 3.8) is 0 Å². The molecule has 2 aromatic rings. The molecule has 0 fully saturated rings. The van der Waals surface area contributed by atoms with Gasteiger partial charge in [-0.1, -0.05) is 0 Å². The molecule has 12 nitrogen and oxygen atoms in total. The topological polar surface area (TPSA) is 192 Å². The third kappa shape index (κ3) is 3.46. The Labute approximate surface area is 133 Å². The molecule has 1 aromatic heterocycles. The second-order valence-electron chi connectivity index (χ2n) is 4.91. The van der Waals surface area contributed by atoms with Gasteiger partial charge < -0.3 is 30.5 Å². The molecule has 24 heavy (non-hydrogen) atoms. The molecule has 130 valence electrons. The Morgan fingerprint density at radius 2 is 1.88 bits per heavy atom. The summed E-state index contributed by atoms with van der Waals surface area (Å²) in [6, 6.07) is 2.46. The van der Waals surface area contributed by atoms with E-state index in [4.69, 9.17) is 5.11 Å². The van der Waals surface area contributed by atoms with Gasteiger partial charge in [-0.2, -0.15) is 0 Å². The molecule has 5 N–H and O–H groups in total. The monoisotopic (exact) mass is 342 g/mol. The van der Waals surface area contributed by atoms with Crippen LogP contribution in [0.5, 0.6) is 0 Å². The van der Waals surface area contributed by atoms with Crippen molar-refractivity contribution in [1.29, 1.82) is 0 Å². The highest BCUT2D eigenvalue weighted by atomic mass is 16.6. The van der Waals surface area contributed by atoms with Gasteiger partial charge in [-0.15, -0.1) is 0 Å². The lowest BCUT2D eigenvalue weighted by atomic mass is 10.0. The Morgan fingerprint density at radius 3 is 2.50 bits per heavy atom. The number of nitro benzene ring substituents is 1. The highest BCUT2D eigenvalue weighted by Gasteiger charge is 2.30. The highest BCUT2D eigenvalue weighted by Crippen LogP contribution is 2.28. The van der Waals surface area contributed by atoms with Gasteiger partial charge in [-0.25, -0.2) is 4.63 Å². The average molecular weight is 342 g/mol. The van der Waals surface area contributed by atoms with E-state index in [0.717, 1.165) is 6.07 Å². The van der Waals surface area contributed by atoms with E-state index in [1.165, 1.54) is 6.07 Å². The fourth-order valence-electron chi connectivity index (χ4n) is 1.99. The van der Waals surface area contributed by atoms with E-state index in [9.17, 15) is 30.2 Å². The summed E-state index contributed by atoms with van der Waals surface area (Å²) >= 11 is 0. The number of carbonyl (C=O) groups is 1. The first-order valence-corrected chi connectivity index (χ1v) is 6.68. The van der Waals surface area contributed by atoms with Crippen LogP contribution in [0.3, 0.4) is 0 Å². The van der Waals surface area contributed by atoms with Crippen LogP contribution in [0.1, 0.15) is 0 Å². The number of rotatable bonds is 8. The SMILES string of the molecule is O=CC(O)C(O)C(O)C(O)CNc1ccc([N+](=O)[O-])c2nonc12. The average Bonchev–Trinajstić information content (AvgIpc) is 3.06. The van der Waals surface area contributed by atoms with E-state index < -0.39 is 29.3 Å². The molecule has 12 heteroatoms. The van der Waals surface area contributed by atoms with Crippen molar-refractivity contribution in [3.8, 4) is 0 Å². The fourth-order valence-corrected chi connectivity index (χ4v) is 1.99. The van der Waals surface area contributed by atoms with Gasteiger partial charge in [-0.05, 0) is 16.4 Å². The number of hydrogen-bond donors (Lipinski definition) is 5. The summed E-state index contributed by atoms with van der Waals surface area (Å²) in [4.78, 5) is 20.6. The maximum absolute atomic E-state index is 10.9. The highest BCUT2D eigenvalue weighted by molar-refractivity contribution is 5.93. The molecule has 1 heterocycles. The zero-order valence-corrected chi connectivity index (χ0v) is 12.0. The van der Waals surface area contributed by atoms with E-state index in [2.05, 4.69) is 20.3 Å².